The molecule has 11 nitrogen and oxygen atoms in total. The van der Waals surface area contributed by atoms with Crippen molar-refractivity contribution in [1.82, 2.24) is 25.4 Å². The van der Waals surface area contributed by atoms with E-state index in [0.717, 1.165) is 5.39 Å². The first-order chi connectivity index (χ1) is 17.1. The molecule has 3 N–H and O–H groups in total. The van der Waals surface area contributed by atoms with Gasteiger partial charge in [-0.2, -0.15) is 0 Å². The van der Waals surface area contributed by atoms with Crippen molar-refractivity contribution in [2.75, 3.05) is 26.7 Å². The van der Waals surface area contributed by atoms with Crippen LogP contribution in [0.5, 0.6) is 0 Å². The van der Waals surface area contributed by atoms with E-state index in [4.69, 9.17) is 5.11 Å². The van der Waals surface area contributed by atoms with Crippen molar-refractivity contribution in [3.8, 4) is 0 Å². The molecule has 0 radical (unpaired) electrons. The molecule has 1 unspecified atom stereocenters. The van der Waals surface area contributed by atoms with E-state index in [1.165, 1.54) is 11.1 Å². The number of aliphatic carboxylic acids is 1. The molecule has 1 fully saturated rings. The first-order valence-electron chi connectivity index (χ1n) is 11.7. The van der Waals surface area contributed by atoms with Gasteiger partial charge in [0, 0.05) is 31.2 Å². The van der Waals surface area contributed by atoms with Crippen LogP contribution in [-0.2, 0) is 19.2 Å². The predicted molar refractivity (Wildman–Crippen MR) is 131 cm³/mol. The smallest absolute Gasteiger partial charge is 0.305 e. The van der Waals surface area contributed by atoms with Crippen molar-refractivity contribution in [2.24, 2.45) is 5.92 Å². The number of rotatable bonds is 9. The van der Waals surface area contributed by atoms with Crippen molar-refractivity contribution >= 4 is 40.7 Å². The lowest BCUT2D eigenvalue weighted by Crippen LogP contribution is -2.64. The molecule has 1 aliphatic rings. The maximum absolute atomic E-state index is 13.7. The Bertz CT molecular complexity index is 1150. The van der Waals surface area contributed by atoms with Crippen LogP contribution in [-0.4, -0.2) is 94.7 Å². The number of aromatic nitrogens is 1. The van der Waals surface area contributed by atoms with Gasteiger partial charge in [-0.25, -0.2) is 0 Å². The molecule has 36 heavy (non-hydrogen) atoms. The fraction of sp³-hybridized carbons (Fsp3) is 0.440. The van der Waals surface area contributed by atoms with Gasteiger partial charge < -0.3 is 30.3 Å². The van der Waals surface area contributed by atoms with Crippen molar-refractivity contribution in [2.45, 2.75) is 38.4 Å². The quantitative estimate of drug-likeness (QED) is 0.419. The summed E-state index contributed by atoms with van der Waals surface area (Å²) in [6, 6.07) is 6.00. The van der Waals surface area contributed by atoms with Gasteiger partial charge in [-0.15, -0.1) is 0 Å². The Kier molecular flexibility index (Phi) is 8.70. The van der Waals surface area contributed by atoms with Crippen LogP contribution in [0.2, 0.25) is 0 Å². The number of carboxylic acids is 1. The van der Waals surface area contributed by atoms with E-state index in [9.17, 15) is 24.0 Å². The van der Waals surface area contributed by atoms with E-state index in [1.807, 2.05) is 17.0 Å². The predicted octanol–water partition coefficient (Wildman–Crippen LogP) is 0.290. The maximum Gasteiger partial charge on any atom is 0.305 e. The molecule has 0 spiro atoms. The number of carboxylic acid groups (broad SMARTS) is 1. The zero-order valence-corrected chi connectivity index (χ0v) is 20.5. The van der Waals surface area contributed by atoms with Crippen LogP contribution in [0.15, 0.2) is 36.5 Å². The minimum Gasteiger partial charge on any atom is -0.481 e. The van der Waals surface area contributed by atoms with Crippen LogP contribution >= 0.6 is 0 Å². The third-order valence-electron chi connectivity index (χ3n) is 6.16. The largest absolute Gasteiger partial charge is 0.481 e. The summed E-state index contributed by atoms with van der Waals surface area (Å²) in [5.74, 6) is -3.10. The van der Waals surface area contributed by atoms with Crippen molar-refractivity contribution < 1.29 is 29.1 Å². The van der Waals surface area contributed by atoms with E-state index in [-0.39, 0.29) is 24.7 Å². The number of hydrogen-bond donors (Lipinski definition) is 3. The molecular weight excluding hydrogens is 466 g/mol. The molecule has 0 saturated carbocycles. The van der Waals surface area contributed by atoms with Crippen molar-refractivity contribution in [3.05, 3.63) is 42.2 Å². The molecule has 0 aliphatic carbocycles. The number of carbonyl (C=O) groups is 5. The average molecular weight is 498 g/mol. The Morgan fingerprint density at radius 3 is 2.53 bits per heavy atom. The Hall–Kier alpha value is -3.86. The summed E-state index contributed by atoms with van der Waals surface area (Å²) in [7, 11) is 1.80. The van der Waals surface area contributed by atoms with Gasteiger partial charge in [0.2, 0.25) is 11.8 Å². The molecule has 2 heterocycles. The van der Waals surface area contributed by atoms with Gasteiger partial charge in [0.15, 0.2) is 0 Å². The molecule has 3 atom stereocenters. The second kappa shape index (κ2) is 11.7. The third kappa shape index (κ3) is 6.22. The molecule has 11 heteroatoms. The lowest BCUT2D eigenvalue weighted by atomic mass is 9.99. The Balaban J connectivity index is 1.82. The number of aldehydes is 1. The number of amides is 3. The number of nitrogens with zero attached hydrogens (tertiary/aromatic N) is 3. The number of nitrogens with one attached hydrogen (secondary N) is 2. The number of benzene rings is 1. The molecule has 3 rings (SSSR count). The monoisotopic (exact) mass is 497 g/mol. The van der Waals surface area contributed by atoms with Gasteiger partial charge in [-0.3, -0.25) is 24.2 Å². The number of fused-ring (bicyclic) bond motifs is 1. The van der Waals surface area contributed by atoms with E-state index >= 15 is 0 Å². The van der Waals surface area contributed by atoms with Gasteiger partial charge in [-0.1, -0.05) is 38.1 Å². The van der Waals surface area contributed by atoms with E-state index in [0.29, 0.717) is 18.2 Å². The van der Waals surface area contributed by atoms with Crippen LogP contribution in [0.3, 0.4) is 0 Å². The van der Waals surface area contributed by atoms with Crippen LogP contribution < -0.4 is 10.6 Å². The lowest BCUT2D eigenvalue weighted by molar-refractivity contribution is -0.147. The second-order valence-electron chi connectivity index (χ2n) is 9.23. The number of pyridine rings is 1. The summed E-state index contributed by atoms with van der Waals surface area (Å²) in [6.07, 6.45) is 1.33. The van der Waals surface area contributed by atoms with Gasteiger partial charge in [0.1, 0.15) is 24.1 Å². The Labute approximate surface area is 208 Å². The maximum atomic E-state index is 13.7. The summed E-state index contributed by atoms with van der Waals surface area (Å²) in [6.45, 7) is 4.51. The highest BCUT2D eigenvalue weighted by molar-refractivity contribution is 6.06. The highest BCUT2D eigenvalue weighted by Gasteiger charge is 2.39. The molecule has 1 aromatic heterocycles. The molecule has 2 aromatic rings. The van der Waals surface area contributed by atoms with Gasteiger partial charge in [-0.05, 0) is 24.4 Å². The van der Waals surface area contributed by atoms with E-state index in [1.54, 1.807) is 39.1 Å². The number of likely N-dealkylation sites (N-methyl/N-ethyl adjacent to an activating group) is 1. The average Bonchev–Trinajstić information content (AvgIpc) is 2.85. The summed E-state index contributed by atoms with van der Waals surface area (Å²) in [4.78, 5) is 69.6. The fourth-order valence-electron chi connectivity index (χ4n) is 4.21. The zero-order valence-electron chi connectivity index (χ0n) is 20.5. The highest BCUT2D eigenvalue weighted by Crippen LogP contribution is 2.18. The zero-order chi connectivity index (χ0) is 26.4. The number of piperazine rings is 1. The highest BCUT2D eigenvalue weighted by atomic mass is 16.4. The first kappa shape index (κ1) is 26.7. The van der Waals surface area contributed by atoms with E-state index < -0.39 is 48.2 Å². The topological polar surface area (TPSA) is 149 Å². The minimum absolute atomic E-state index is 0.194. The van der Waals surface area contributed by atoms with E-state index in [2.05, 4.69) is 15.6 Å². The lowest BCUT2D eigenvalue weighted by Gasteiger charge is -2.41. The standard InChI is InChI=1S/C25H31N5O6/c1-15(2)21(28-24(35)22-18-7-5-4-6-16(18)8-9-26-22)25(36)30-11-10-29(3)13-19(30)23(34)27-17(14-31)12-20(32)33/h4-9,14-15,17,19,21H,10-13H2,1-3H3,(H,27,34)(H,28,35)(H,32,33)/t17-,19?,21-/m0/s1. The molecule has 1 aliphatic heterocycles. The van der Waals surface area contributed by atoms with Crippen LogP contribution in [0, 0.1) is 5.92 Å². The fourth-order valence-corrected chi connectivity index (χ4v) is 4.21. The Morgan fingerprint density at radius 2 is 1.86 bits per heavy atom. The molecule has 3 amide bonds. The molecule has 192 valence electrons. The van der Waals surface area contributed by atoms with Crippen LogP contribution in [0.25, 0.3) is 10.8 Å². The summed E-state index contributed by atoms with van der Waals surface area (Å²) < 4.78 is 0. The van der Waals surface area contributed by atoms with Gasteiger partial charge in [0.05, 0.1) is 12.5 Å². The van der Waals surface area contributed by atoms with Gasteiger partial charge >= 0.3 is 5.97 Å². The molecular formula is C25H31N5O6. The summed E-state index contributed by atoms with van der Waals surface area (Å²) in [5.41, 5.74) is 0.196. The number of hydrogen-bond acceptors (Lipinski definition) is 7. The molecule has 1 saturated heterocycles. The van der Waals surface area contributed by atoms with Crippen molar-refractivity contribution in [1.29, 1.82) is 0 Å². The minimum atomic E-state index is -1.23. The van der Waals surface area contributed by atoms with Crippen molar-refractivity contribution in [3.63, 3.8) is 0 Å². The third-order valence-corrected chi connectivity index (χ3v) is 6.16. The summed E-state index contributed by atoms with van der Waals surface area (Å²) in [5, 5.41) is 15.7. The SMILES string of the molecule is CC(C)[C@H](NC(=O)c1nccc2ccccc12)C(=O)N1CCN(C)CC1C(=O)N[C@H](C=O)CC(=O)O. The number of carbonyl (C=O) groups excluding carboxylic acids is 4. The molecule has 1 aromatic carbocycles. The normalized spacial score (nSPS) is 17.9. The summed E-state index contributed by atoms with van der Waals surface area (Å²) >= 11 is 0. The Morgan fingerprint density at radius 1 is 1.14 bits per heavy atom. The second-order valence-corrected chi connectivity index (χ2v) is 9.23. The first-order valence-corrected chi connectivity index (χ1v) is 11.7. The van der Waals surface area contributed by atoms with Crippen LogP contribution in [0.1, 0.15) is 30.8 Å². The van der Waals surface area contributed by atoms with Gasteiger partial charge in [0.25, 0.3) is 5.91 Å². The molecule has 0 bridgehead atoms. The van der Waals surface area contributed by atoms with Crippen LogP contribution in [0.4, 0.5) is 0 Å².